The number of ether oxygens (including phenoxy) is 1. The van der Waals surface area contributed by atoms with Crippen molar-refractivity contribution in [3.8, 4) is 5.06 Å². The summed E-state index contributed by atoms with van der Waals surface area (Å²) >= 11 is 1.31. The predicted molar refractivity (Wildman–Crippen MR) is 122 cm³/mol. The van der Waals surface area contributed by atoms with E-state index in [4.69, 9.17) is 4.74 Å². The Hall–Kier alpha value is -2.86. The van der Waals surface area contributed by atoms with E-state index in [1.807, 2.05) is 24.3 Å². The zero-order valence-corrected chi connectivity index (χ0v) is 18.1. The molecule has 1 heterocycles. The van der Waals surface area contributed by atoms with E-state index in [0.29, 0.717) is 17.4 Å². The third-order valence-electron chi connectivity index (χ3n) is 5.19. The van der Waals surface area contributed by atoms with Gasteiger partial charge in [0.1, 0.15) is 4.88 Å². The van der Waals surface area contributed by atoms with Crippen LogP contribution in [0, 0.1) is 5.92 Å². The third kappa shape index (κ3) is 5.00. The number of carbonyl (C=O) groups excluding carboxylic acids is 1. The maximum atomic E-state index is 13.0. The van der Waals surface area contributed by atoms with Gasteiger partial charge in [0.05, 0.1) is 17.9 Å². The fourth-order valence-corrected chi connectivity index (χ4v) is 4.42. The molecule has 0 aliphatic carbocycles. The number of thiophene rings is 1. The summed E-state index contributed by atoms with van der Waals surface area (Å²) in [5.74, 6) is -0.924. The second kappa shape index (κ2) is 10.3. The average Bonchev–Trinajstić information content (AvgIpc) is 3.13. The summed E-state index contributed by atoms with van der Waals surface area (Å²) in [6, 6.07) is 14.1. The number of amides is 1. The molecule has 0 saturated heterocycles. The summed E-state index contributed by atoms with van der Waals surface area (Å²) in [4.78, 5) is 25.0. The number of carboxylic acids is 1. The first-order chi connectivity index (χ1) is 14.5. The van der Waals surface area contributed by atoms with Crippen molar-refractivity contribution < 1.29 is 19.4 Å². The molecule has 158 valence electrons. The van der Waals surface area contributed by atoms with Gasteiger partial charge in [-0.25, -0.2) is 4.79 Å². The van der Waals surface area contributed by atoms with Crippen molar-refractivity contribution in [1.29, 1.82) is 0 Å². The Labute approximate surface area is 180 Å². The van der Waals surface area contributed by atoms with Gasteiger partial charge in [-0.05, 0) is 30.5 Å². The van der Waals surface area contributed by atoms with Gasteiger partial charge in [0.25, 0.3) is 5.91 Å². The lowest BCUT2D eigenvalue weighted by Gasteiger charge is -2.14. The molecule has 1 amide bonds. The number of unbranched alkanes of at least 4 members (excludes halogenated alkanes) is 1. The maximum absolute atomic E-state index is 13.0. The van der Waals surface area contributed by atoms with Crippen LogP contribution in [-0.2, 0) is 0 Å². The molecule has 0 saturated carbocycles. The predicted octanol–water partition coefficient (Wildman–Crippen LogP) is 6.45. The second-order valence-electron chi connectivity index (χ2n) is 7.30. The SMILES string of the molecule is CCCCC(CC)COc1sc(C(=O)Nc2ccccc2C(=O)O)c2ccccc12. The minimum atomic E-state index is -1.08. The van der Waals surface area contributed by atoms with E-state index < -0.39 is 5.97 Å². The molecule has 30 heavy (non-hydrogen) atoms. The van der Waals surface area contributed by atoms with Crippen LogP contribution in [0.25, 0.3) is 10.8 Å². The van der Waals surface area contributed by atoms with Crippen LogP contribution in [0.4, 0.5) is 5.69 Å². The van der Waals surface area contributed by atoms with Crippen molar-refractivity contribution in [2.75, 3.05) is 11.9 Å². The summed E-state index contributed by atoms with van der Waals surface area (Å²) in [7, 11) is 0. The van der Waals surface area contributed by atoms with Crippen molar-refractivity contribution in [2.45, 2.75) is 39.5 Å². The zero-order valence-electron chi connectivity index (χ0n) is 17.3. The van der Waals surface area contributed by atoms with Crippen molar-refractivity contribution in [1.82, 2.24) is 0 Å². The van der Waals surface area contributed by atoms with E-state index in [0.717, 1.165) is 28.7 Å². The van der Waals surface area contributed by atoms with Crippen LogP contribution < -0.4 is 10.1 Å². The van der Waals surface area contributed by atoms with Crippen molar-refractivity contribution in [3.05, 3.63) is 59.0 Å². The molecule has 2 N–H and O–H groups in total. The van der Waals surface area contributed by atoms with Crippen molar-refractivity contribution >= 4 is 39.7 Å². The van der Waals surface area contributed by atoms with Crippen molar-refractivity contribution in [3.63, 3.8) is 0 Å². The number of hydrogen-bond donors (Lipinski definition) is 2. The quantitative estimate of drug-likeness (QED) is 0.391. The maximum Gasteiger partial charge on any atom is 0.337 e. The molecule has 0 aliphatic heterocycles. The molecule has 3 rings (SSSR count). The van der Waals surface area contributed by atoms with E-state index in [1.165, 1.54) is 30.2 Å². The Balaban J connectivity index is 1.85. The number of carboxylic acid groups (broad SMARTS) is 1. The number of nitrogens with one attached hydrogen (secondary N) is 1. The van der Waals surface area contributed by atoms with Crippen LogP contribution >= 0.6 is 11.3 Å². The van der Waals surface area contributed by atoms with Gasteiger partial charge in [0, 0.05) is 10.8 Å². The van der Waals surface area contributed by atoms with Gasteiger partial charge in [0.15, 0.2) is 5.06 Å². The largest absolute Gasteiger partial charge is 0.483 e. The second-order valence-corrected chi connectivity index (χ2v) is 8.28. The highest BCUT2D eigenvalue weighted by atomic mass is 32.1. The Bertz CT molecular complexity index is 1030. The number of anilines is 1. The molecule has 1 unspecified atom stereocenters. The van der Waals surface area contributed by atoms with Gasteiger partial charge in [0.2, 0.25) is 0 Å². The van der Waals surface area contributed by atoms with Crippen LogP contribution in [0.15, 0.2) is 48.5 Å². The Morgan fingerprint density at radius 1 is 1.07 bits per heavy atom. The highest BCUT2D eigenvalue weighted by molar-refractivity contribution is 7.17. The molecule has 1 aromatic heterocycles. The molecule has 3 aromatic rings. The normalized spacial score (nSPS) is 11.9. The van der Waals surface area contributed by atoms with Crippen LogP contribution in [-0.4, -0.2) is 23.6 Å². The van der Waals surface area contributed by atoms with Gasteiger partial charge in [-0.15, -0.1) is 0 Å². The Morgan fingerprint density at radius 2 is 1.77 bits per heavy atom. The van der Waals surface area contributed by atoms with Gasteiger partial charge < -0.3 is 15.2 Å². The van der Waals surface area contributed by atoms with Crippen LogP contribution in [0.1, 0.15) is 59.6 Å². The molecule has 6 heteroatoms. The lowest BCUT2D eigenvalue weighted by molar-refractivity contribution is 0.0698. The smallest absolute Gasteiger partial charge is 0.337 e. The number of hydrogen-bond acceptors (Lipinski definition) is 4. The number of para-hydroxylation sites is 1. The van der Waals surface area contributed by atoms with Crippen LogP contribution in [0.3, 0.4) is 0 Å². The summed E-state index contributed by atoms with van der Waals surface area (Å²) in [5, 5.41) is 14.6. The highest BCUT2D eigenvalue weighted by Gasteiger charge is 2.20. The standard InChI is InChI=1S/C24H27NO4S/c1-3-5-10-16(4-2)15-29-24-18-12-7-6-11-17(18)21(30-24)22(26)25-20-14-9-8-13-19(20)23(27)28/h6-9,11-14,16H,3-5,10,15H2,1-2H3,(H,25,26)(H,27,28). The van der Waals surface area contributed by atoms with Gasteiger partial charge in [-0.2, -0.15) is 0 Å². The summed E-state index contributed by atoms with van der Waals surface area (Å²) < 4.78 is 6.16. The first kappa shape index (κ1) is 21.8. The minimum absolute atomic E-state index is 0.0601. The topological polar surface area (TPSA) is 75.6 Å². The summed E-state index contributed by atoms with van der Waals surface area (Å²) in [5.41, 5.74) is 0.338. The number of rotatable bonds is 10. The lowest BCUT2D eigenvalue weighted by atomic mass is 10.0. The number of fused-ring (bicyclic) bond motifs is 1. The first-order valence-electron chi connectivity index (χ1n) is 10.3. The molecular weight excluding hydrogens is 398 g/mol. The molecule has 0 fully saturated rings. The summed E-state index contributed by atoms with van der Waals surface area (Å²) in [6.07, 6.45) is 4.54. The molecule has 2 aromatic carbocycles. The van der Waals surface area contributed by atoms with E-state index in [2.05, 4.69) is 19.2 Å². The molecule has 0 aliphatic rings. The average molecular weight is 426 g/mol. The van der Waals surface area contributed by atoms with Crippen LogP contribution in [0.5, 0.6) is 5.06 Å². The van der Waals surface area contributed by atoms with Crippen molar-refractivity contribution in [2.24, 2.45) is 5.92 Å². The van der Waals surface area contributed by atoms with Gasteiger partial charge >= 0.3 is 5.97 Å². The number of carbonyl (C=O) groups is 2. The first-order valence-corrected chi connectivity index (χ1v) is 11.1. The number of aromatic carboxylic acids is 1. The Morgan fingerprint density at radius 3 is 2.47 bits per heavy atom. The molecule has 5 nitrogen and oxygen atoms in total. The van der Waals surface area contributed by atoms with E-state index in [1.54, 1.807) is 18.2 Å². The van der Waals surface area contributed by atoms with Gasteiger partial charge in [-0.3, -0.25) is 4.79 Å². The Kier molecular flexibility index (Phi) is 7.46. The fraction of sp³-hybridized carbons (Fsp3) is 0.333. The van der Waals surface area contributed by atoms with E-state index in [-0.39, 0.29) is 17.2 Å². The zero-order chi connectivity index (χ0) is 21.5. The van der Waals surface area contributed by atoms with E-state index >= 15 is 0 Å². The number of benzene rings is 2. The molecule has 0 radical (unpaired) electrons. The van der Waals surface area contributed by atoms with Gasteiger partial charge in [-0.1, -0.05) is 74.8 Å². The summed E-state index contributed by atoms with van der Waals surface area (Å²) in [6.45, 7) is 4.99. The third-order valence-corrected chi connectivity index (χ3v) is 6.32. The monoisotopic (exact) mass is 425 g/mol. The van der Waals surface area contributed by atoms with Crippen LogP contribution in [0.2, 0.25) is 0 Å². The molecule has 0 spiro atoms. The lowest BCUT2D eigenvalue weighted by Crippen LogP contribution is -2.13. The molecular formula is C24H27NO4S. The fourth-order valence-electron chi connectivity index (χ4n) is 3.39. The molecule has 1 atom stereocenters. The molecule has 0 bridgehead atoms. The van der Waals surface area contributed by atoms with E-state index in [9.17, 15) is 14.7 Å². The minimum Gasteiger partial charge on any atom is -0.483 e. The highest BCUT2D eigenvalue weighted by Crippen LogP contribution is 2.38.